The van der Waals surface area contributed by atoms with Crippen molar-refractivity contribution in [1.82, 2.24) is 0 Å². The molecule has 132 valence electrons. The molecule has 2 nitrogen and oxygen atoms in total. The maximum atomic E-state index is 10.3. The standard InChI is InChI=1S/C24H24O2/c1-2-12-23(25)19-26-24(20-13-6-3-7-14-20,21-15-8-4-9-16-21)22-17-10-5-11-18-22/h2-11,13-18,23,25H,1,12,19H2. The Balaban J connectivity index is 2.16. The summed E-state index contributed by atoms with van der Waals surface area (Å²) in [6.45, 7) is 3.92. The van der Waals surface area contributed by atoms with Crippen LogP contribution in [0.25, 0.3) is 0 Å². The first kappa shape index (κ1) is 18.1. The van der Waals surface area contributed by atoms with Crippen LogP contribution in [0.1, 0.15) is 23.1 Å². The van der Waals surface area contributed by atoms with Crippen LogP contribution in [0.4, 0.5) is 0 Å². The molecule has 0 aromatic heterocycles. The molecule has 0 saturated carbocycles. The van der Waals surface area contributed by atoms with Gasteiger partial charge in [0.15, 0.2) is 0 Å². The summed E-state index contributed by atoms with van der Waals surface area (Å²) in [6.07, 6.45) is 1.61. The van der Waals surface area contributed by atoms with Crippen molar-refractivity contribution in [2.24, 2.45) is 0 Å². The lowest BCUT2D eigenvalue weighted by Crippen LogP contribution is -2.35. The highest BCUT2D eigenvalue weighted by Gasteiger charge is 2.37. The Labute approximate surface area is 155 Å². The van der Waals surface area contributed by atoms with Crippen LogP contribution in [0, 0.1) is 0 Å². The first-order valence-electron chi connectivity index (χ1n) is 8.87. The first-order chi connectivity index (χ1) is 12.8. The Hall–Kier alpha value is -2.68. The van der Waals surface area contributed by atoms with E-state index in [0.29, 0.717) is 6.42 Å². The molecule has 2 heteroatoms. The molecule has 1 unspecified atom stereocenters. The van der Waals surface area contributed by atoms with Crippen LogP contribution in [0.15, 0.2) is 104 Å². The minimum absolute atomic E-state index is 0.213. The van der Waals surface area contributed by atoms with Gasteiger partial charge in [0.1, 0.15) is 5.60 Å². The lowest BCUT2D eigenvalue weighted by Gasteiger charge is -2.36. The molecule has 1 atom stereocenters. The SMILES string of the molecule is C=CCC(O)COC(c1ccccc1)(c1ccccc1)c1ccccc1. The molecule has 3 aromatic rings. The normalized spacial score (nSPS) is 12.5. The average molecular weight is 344 g/mol. The summed E-state index contributed by atoms with van der Waals surface area (Å²) < 4.78 is 6.50. The predicted octanol–water partition coefficient (Wildman–Crippen LogP) is 4.93. The molecule has 0 amide bonds. The number of ether oxygens (including phenoxy) is 1. The maximum Gasteiger partial charge on any atom is 0.143 e. The Morgan fingerprint density at radius 1 is 0.769 bits per heavy atom. The van der Waals surface area contributed by atoms with Gasteiger partial charge >= 0.3 is 0 Å². The van der Waals surface area contributed by atoms with Crippen LogP contribution >= 0.6 is 0 Å². The van der Waals surface area contributed by atoms with Gasteiger partial charge in [-0.1, -0.05) is 97.1 Å². The summed E-state index contributed by atoms with van der Waals surface area (Å²) in [5.74, 6) is 0. The molecule has 0 bridgehead atoms. The van der Waals surface area contributed by atoms with E-state index in [-0.39, 0.29) is 6.61 Å². The second-order valence-corrected chi connectivity index (χ2v) is 6.27. The largest absolute Gasteiger partial charge is 0.390 e. The highest BCUT2D eigenvalue weighted by molar-refractivity contribution is 5.47. The number of aliphatic hydroxyl groups excluding tert-OH is 1. The van der Waals surface area contributed by atoms with Gasteiger partial charge in [-0.3, -0.25) is 0 Å². The van der Waals surface area contributed by atoms with E-state index in [1.165, 1.54) is 0 Å². The van der Waals surface area contributed by atoms with Crippen LogP contribution in [-0.2, 0) is 10.3 Å². The molecule has 0 aliphatic heterocycles. The van der Waals surface area contributed by atoms with Gasteiger partial charge in [0.25, 0.3) is 0 Å². The summed E-state index contributed by atoms with van der Waals surface area (Å²) in [7, 11) is 0. The second-order valence-electron chi connectivity index (χ2n) is 6.27. The molecule has 0 saturated heterocycles. The molecule has 0 spiro atoms. The Morgan fingerprint density at radius 3 is 1.50 bits per heavy atom. The lowest BCUT2D eigenvalue weighted by molar-refractivity contribution is -0.0368. The molecular weight excluding hydrogens is 320 g/mol. The second kappa shape index (κ2) is 8.61. The van der Waals surface area contributed by atoms with Crippen molar-refractivity contribution in [2.45, 2.75) is 18.1 Å². The van der Waals surface area contributed by atoms with Crippen LogP contribution in [0.3, 0.4) is 0 Å². The number of hydrogen-bond donors (Lipinski definition) is 1. The lowest BCUT2D eigenvalue weighted by atomic mass is 9.80. The maximum absolute atomic E-state index is 10.3. The van der Waals surface area contributed by atoms with Gasteiger partial charge < -0.3 is 9.84 Å². The zero-order chi connectivity index (χ0) is 18.2. The average Bonchev–Trinajstić information content (AvgIpc) is 2.71. The van der Waals surface area contributed by atoms with Crippen molar-refractivity contribution in [3.63, 3.8) is 0 Å². The summed E-state index contributed by atoms with van der Waals surface area (Å²) >= 11 is 0. The molecule has 3 aromatic carbocycles. The van der Waals surface area contributed by atoms with Gasteiger partial charge in [0, 0.05) is 0 Å². The van der Waals surface area contributed by atoms with E-state index in [2.05, 4.69) is 43.0 Å². The van der Waals surface area contributed by atoms with E-state index in [4.69, 9.17) is 4.74 Å². The highest BCUT2D eigenvalue weighted by atomic mass is 16.5. The Morgan fingerprint density at radius 2 is 1.15 bits per heavy atom. The number of rotatable bonds is 8. The number of benzene rings is 3. The van der Waals surface area contributed by atoms with Crippen molar-refractivity contribution in [2.75, 3.05) is 6.61 Å². The molecular formula is C24H24O2. The molecule has 26 heavy (non-hydrogen) atoms. The van der Waals surface area contributed by atoms with Crippen LogP contribution in [0.5, 0.6) is 0 Å². The van der Waals surface area contributed by atoms with Crippen LogP contribution in [0.2, 0.25) is 0 Å². The smallest absolute Gasteiger partial charge is 0.143 e. The molecule has 0 aliphatic carbocycles. The van der Waals surface area contributed by atoms with Gasteiger partial charge in [0.2, 0.25) is 0 Å². The van der Waals surface area contributed by atoms with Gasteiger partial charge in [-0.15, -0.1) is 6.58 Å². The fourth-order valence-corrected chi connectivity index (χ4v) is 3.25. The predicted molar refractivity (Wildman–Crippen MR) is 106 cm³/mol. The van der Waals surface area contributed by atoms with Gasteiger partial charge in [-0.25, -0.2) is 0 Å². The zero-order valence-electron chi connectivity index (χ0n) is 14.8. The Bertz CT molecular complexity index is 701. The molecule has 0 heterocycles. The highest BCUT2D eigenvalue weighted by Crippen LogP contribution is 2.40. The van der Waals surface area contributed by atoms with Crippen LogP contribution < -0.4 is 0 Å². The third-order valence-corrected chi connectivity index (χ3v) is 4.47. The minimum atomic E-state index is -0.786. The fraction of sp³-hybridized carbons (Fsp3) is 0.167. The summed E-state index contributed by atoms with van der Waals surface area (Å²) in [5.41, 5.74) is 2.31. The Kier molecular flexibility index (Phi) is 6.00. The number of aliphatic hydroxyl groups is 1. The van der Waals surface area contributed by atoms with E-state index in [0.717, 1.165) is 16.7 Å². The third kappa shape index (κ3) is 3.77. The van der Waals surface area contributed by atoms with Crippen molar-refractivity contribution >= 4 is 0 Å². The molecule has 0 fully saturated rings. The quantitative estimate of drug-likeness (QED) is 0.464. The molecule has 0 radical (unpaired) electrons. The van der Waals surface area contributed by atoms with E-state index < -0.39 is 11.7 Å². The van der Waals surface area contributed by atoms with E-state index in [1.54, 1.807) is 6.08 Å². The monoisotopic (exact) mass is 344 g/mol. The first-order valence-corrected chi connectivity index (χ1v) is 8.87. The third-order valence-electron chi connectivity index (χ3n) is 4.47. The van der Waals surface area contributed by atoms with E-state index >= 15 is 0 Å². The van der Waals surface area contributed by atoms with Crippen molar-refractivity contribution in [3.8, 4) is 0 Å². The van der Waals surface area contributed by atoms with Crippen molar-refractivity contribution in [3.05, 3.63) is 120 Å². The zero-order valence-corrected chi connectivity index (χ0v) is 14.8. The fourth-order valence-electron chi connectivity index (χ4n) is 3.25. The molecule has 3 rings (SSSR count). The number of hydrogen-bond acceptors (Lipinski definition) is 2. The molecule has 0 aliphatic rings. The summed E-state index contributed by atoms with van der Waals surface area (Å²) in [6, 6.07) is 30.5. The van der Waals surface area contributed by atoms with Crippen molar-refractivity contribution in [1.29, 1.82) is 0 Å². The van der Waals surface area contributed by atoms with Crippen LogP contribution in [-0.4, -0.2) is 17.8 Å². The topological polar surface area (TPSA) is 29.5 Å². The van der Waals surface area contributed by atoms with Gasteiger partial charge in [-0.05, 0) is 23.1 Å². The minimum Gasteiger partial charge on any atom is -0.390 e. The summed E-state index contributed by atoms with van der Waals surface area (Å²) in [5, 5.41) is 10.3. The van der Waals surface area contributed by atoms with Crippen molar-refractivity contribution < 1.29 is 9.84 Å². The van der Waals surface area contributed by atoms with E-state index in [9.17, 15) is 5.11 Å². The van der Waals surface area contributed by atoms with E-state index in [1.807, 2.05) is 54.6 Å². The molecule has 1 N–H and O–H groups in total. The van der Waals surface area contributed by atoms with Gasteiger partial charge in [-0.2, -0.15) is 0 Å². The summed E-state index contributed by atoms with van der Waals surface area (Å²) in [4.78, 5) is 0. The van der Waals surface area contributed by atoms with Gasteiger partial charge in [0.05, 0.1) is 12.7 Å².